The highest BCUT2D eigenvalue weighted by molar-refractivity contribution is 7.98. The number of morpholine rings is 1. The molecule has 1 aromatic heterocycles. The lowest BCUT2D eigenvalue weighted by Gasteiger charge is -2.35. The van der Waals surface area contributed by atoms with Gasteiger partial charge in [-0.05, 0) is 81.4 Å². The molecule has 1 amide bonds. The van der Waals surface area contributed by atoms with Crippen LogP contribution in [0, 0.1) is 0 Å². The number of para-hydroxylation sites is 1. The number of nitrogens with one attached hydrogen (secondary N) is 1. The van der Waals surface area contributed by atoms with Crippen LogP contribution in [-0.4, -0.2) is 46.4 Å². The molecule has 42 heavy (non-hydrogen) atoms. The first-order valence-electron chi connectivity index (χ1n) is 13.4. The van der Waals surface area contributed by atoms with Gasteiger partial charge in [-0.25, -0.2) is 14.8 Å². The summed E-state index contributed by atoms with van der Waals surface area (Å²) in [5, 5.41) is 3.19. The normalized spacial score (nSPS) is 16.9. The first-order valence-corrected chi connectivity index (χ1v) is 15.3. The number of nitrogens with zero attached hydrogens (tertiary/aromatic N) is 3. The van der Waals surface area contributed by atoms with Crippen LogP contribution in [0.25, 0.3) is 11.4 Å². The molecule has 3 aromatic carbocycles. The Bertz CT molecular complexity index is 1600. The molecule has 1 saturated heterocycles. The third-order valence-electron chi connectivity index (χ3n) is 7.16. The number of halogens is 1. The van der Waals surface area contributed by atoms with Crippen LogP contribution in [0.1, 0.15) is 26.5 Å². The van der Waals surface area contributed by atoms with Gasteiger partial charge in [0, 0.05) is 28.9 Å². The summed E-state index contributed by atoms with van der Waals surface area (Å²) in [6, 6.07) is 24.0. The first kappa shape index (κ1) is 29.7. The van der Waals surface area contributed by atoms with Crippen molar-refractivity contribution in [1.29, 1.82) is 0 Å². The Balaban J connectivity index is 1.48. The maximum Gasteiger partial charge on any atom is 0.417 e. The molecule has 2 N–H and O–H groups in total. The molecular formula is C31H32ClN4O5S+. The fourth-order valence-corrected chi connectivity index (χ4v) is 6.19. The third-order valence-corrected chi connectivity index (χ3v) is 9.92. The van der Waals surface area contributed by atoms with Crippen LogP contribution in [0.5, 0.6) is 5.75 Å². The molecule has 1 unspecified atom stereocenters. The van der Waals surface area contributed by atoms with E-state index in [9.17, 15) is 13.6 Å². The van der Waals surface area contributed by atoms with Gasteiger partial charge in [-0.15, -0.1) is 0 Å². The van der Waals surface area contributed by atoms with Crippen molar-refractivity contribution >= 4 is 39.4 Å². The summed E-state index contributed by atoms with van der Waals surface area (Å²) >= 11 is 6.04. The average Bonchev–Trinajstić information content (AvgIpc) is 2.98. The van der Waals surface area contributed by atoms with Gasteiger partial charge in [-0.2, -0.15) is 4.55 Å². The number of anilines is 2. The van der Waals surface area contributed by atoms with Crippen LogP contribution in [-0.2, 0) is 23.9 Å². The zero-order valence-electron chi connectivity index (χ0n) is 23.5. The van der Waals surface area contributed by atoms with Crippen LogP contribution in [0.4, 0.5) is 16.3 Å². The first-order chi connectivity index (χ1) is 20.0. The van der Waals surface area contributed by atoms with Crippen LogP contribution in [0.3, 0.4) is 0 Å². The van der Waals surface area contributed by atoms with Crippen molar-refractivity contribution in [2.45, 2.75) is 36.5 Å². The molecule has 0 aliphatic carbocycles. The van der Waals surface area contributed by atoms with Gasteiger partial charge in [-0.3, -0.25) is 5.32 Å². The number of ether oxygens (including phenoxy) is 2. The van der Waals surface area contributed by atoms with Crippen molar-refractivity contribution in [1.82, 2.24) is 9.97 Å². The van der Waals surface area contributed by atoms with Gasteiger partial charge in [0.05, 0.1) is 19.3 Å². The summed E-state index contributed by atoms with van der Waals surface area (Å²) in [7, 11) is -3.62. The molecule has 0 spiro atoms. The van der Waals surface area contributed by atoms with Crippen molar-refractivity contribution in [3.8, 4) is 17.1 Å². The second kappa shape index (κ2) is 12.2. The van der Waals surface area contributed by atoms with Crippen molar-refractivity contribution in [3.05, 3.63) is 95.6 Å². The standard InChI is InChI=1S/C31H31ClN4O5S/c1-21-20-40-18-17-36(21)28-19-27(31(2,3)42(38,39)26-15-11-23(32)12-16-26)34-29(35-28)22-9-13-24(14-10-22)33-30(37)41-25-7-5-4-6-8-25/h4-16,19,21H,17-18,20H2,1-3H3,(H-,33,34,35,37,38,39)/p+1/t21-/m0/s1. The number of aromatic nitrogens is 2. The average molecular weight is 608 g/mol. The SMILES string of the molecule is C[C@H]1COCCN1c1cc(C(C)(C)[S+](=O)(O)c2ccc(Cl)cc2)nc(-c2ccc(NC(=O)Oc3ccccc3)cc2)n1. The van der Waals surface area contributed by atoms with Gasteiger partial charge >= 0.3 is 6.09 Å². The van der Waals surface area contributed by atoms with E-state index in [0.29, 0.717) is 59.1 Å². The number of hydrogen-bond donors (Lipinski definition) is 2. The van der Waals surface area contributed by atoms with E-state index in [1.807, 2.05) is 13.0 Å². The Hall–Kier alpha value is -3.83. The number of carbonyl (C=O) groups excluding carboxylic acids is 1. The van der Waals surface area contributed by atoms with Gasteiger partial charge in [0.15, 0.2) is 10.7 Å². The van der Waals surface area contributed by atoms with Gasteiger partial charge in [-0.1, -0.05) is 34.0 Å². The Morgan fingerprint density at radius 2 is 1.76 bits per heavy atom. The Morgan fingerprint density at radius 1 is 1.07 bits per heavy atom. The Morgan fingerprint density at radius 3 is 2.43 bits per heavy atom. The van der Waals surface area contributed by atoms with Crippen molar-refractivity contribution in [3.63, 3.8) is 0 Å². The second-order valence-electron chi connectivity index (χ2n) is 10.4. The number of carbonyl (C=O) groups is 1. The highest BCUT2D eigenvalue weighted by atomic mass is 35.5. The zero-order chi connectivity index (χ0) is 29.9. The lowest BCUT2D eigenvalue weighted by atomic mass is 10.1. The molecule has 1 aliphatic heterocycles. The summed E-state index contributed by atoms with van der Waals surface area (Å²) in [6.45, 7) is 7.16. The smallest absolute Gasteiger partial charge is 0.410 e. The van der Waals surface area contributed by atoms with E-state index in [2.05, 4.69) is 10.2 Å². The van der Waals surface area contributed by atoms with Gasteiger partial charge in [0.2, 0.25) is 4.75 Å². The molecule has 2 atom stereocenters. The van der Waals surface area contributed by atoms with E-state index in [1.165, 1.54) is 0 Å². The summed E-state index contributed by atoms with van der Waals surface area (Å²) in [5.41, 5.74) is 1.62. The zero-order valence-corrected chi connectivity index (χ0v) is 25.1. The predicted molar refractivity (Wildman–Crippen MR) is 165 cm³/mol. The van der Waals surface area contributed by atoms with Gasteiger partial charge in [0.1, 0.15) is 17.3 Å². The van der Waals surface area contributed by atoms with E-state index in [0.717, 1.165) is 0 Å². The van der Waals surface area contributed by atoms with Crippen LogP contribution in [0.15, 0.2) is 89.8 Å². The fourth-order valence-electron chi connectivity index (χ4n) is 4.58. The van der Waals surface area contributed by atoms with Gasteiger partial charge in [0.25, 0.3) is 10.2 Å². The largest absolute Gasteiger partial charge is 0.417 e. The molecule has 0 bridgehead atoms. The molecule has 5 rings (SSSR count). The number of amides is 1. The van der Waals surface area contributed by atoms with Crippen LogP contribution < -0.4 is 15.0 Å². The molecule has 11 heteroatoms. The molecule has 4 aromatic rings. The van der Waals surface area contributed by atoms with E-state index >= 15 is 0 Å². The summed E-state index contributed by atoms with van der Waals surface area (Å²) in [6.07, 6.45) is -0.613. The summed E-state index contributed by atoms with van der Waals surface area (Å²) in [4.78, 5) is 24.4. The van der Waals surface area contributed by atoms with Crippen molar-refractivity contribution in [2.75, 3.05) is 30.0 Å². The monoisotopic (exact) mass is 607 g/mol. The number of benzene rings is 3. The fraction of sp³-hybridized carbons (Fsp3) is 0.258. The van der Waals surface area contributed by atoms with Gasteiger partial charge < -0.3 is 14.4 Å². The third kappa shape index (κ3) is 6.32. The lowest BCUT2D eigenvalue weighted by molar-refractivity contribution is 0.0985. The second-order valence-corrected chi connectivity index (χ2v) is 13.4. The van der Waals surface area contributed by atoms with Crippen LogP contribution >= 0.6 is 11.6 Å². The van der Waals surface area contributed by atoms with E-state index in [-0.39, 0.29) is 10.9 Å². The van der Waals surface area contributed by atoms with E-state index < -0.39 is 21.1 Å². The predicted octanol–water partition coefficient (Wildman–Crippen LogP) is 6.90. The molecular weight excluding hydrogens is 576 g/mol. The molecule has 9 nitrogen and oxygen atoms in total. The molecule has 2 heterocycles. The molecule has 1 aliphatic rings. The number of hydrogen-bond acceptors (Lipinski definition) is 7. The highest BCUT2D eigenvalue weighted by Gasteiger charge is 2.51. The van der Waals surface area contributed by atoms with E-state index in [1.54, 1.807) is 92.7 Å². The number of rotatable bonds is 7. The maximum absolute atomic E-state index is 14.0. The highest BCUT2D eigenvalue weighted by Crippen LogP contribution is 2.40. The minimum atomic E-state index is -3.62. The van der Waals surface area contributed by atoms with Crippen molar-refractivity contribution in [2.24, 2.45) is 0 Å². The Kier molecular flexibility index (Phi) is 8.60. The summed E-state index contributed by atoms with van der Waals surface area (Å²) in [5.74, 6) is 1.46. The molecule has 0 saturated carbocycles. The van der Waals surface area contributed by atoms with Crippen LogP contribution in [0.2, 0.25) is 5.02 Å². The minimum absolute atomic E-state index is 0.0504. The Labute approximate surface area is 251 Å². The molecule has 218 valence electrons. The van der Waals surface area contributed by atoms with Crippen molar-refractivity contribution < 1.29 is 23.0 Å². The topological polar surface area (TPSA) is 114 Å². The molecule has 1 fully saturated rings. The minimum Gasteiger partial charge on any atom is -0.410 e. The quantitative estimate of drug-likeness (QED) is 0.218. The summed E-state index contributed by atoms with van der Waals surface area (Å²) < 4.78 is 35.0. The molecule has 0 radical (unpaired) electrons. The maximum atomic E-state index is 14.0. The van der Waals surface area contributed by atoms with E-state index in [4.69, 9.17) is 31.0 Å². The lowest BCUT2D eigenvalue weighted by Crippen LogP contribution is -2.44.